The minimum absolute atomic E-state index is 0.0278. The minimum Gasteiger partial charge on any atom is -0.381 e. The summed E-state index contributed by atoms with van der Waals surface area (Å²) in [5.41, 5.74) is 11.2. The molecule has 4 heterocycles. The van der Waals surface area contributed by atoms with Crippen LogP contribution >= 0.6 is 11.6 Å². The van der Waals surface area contributed by atoms with E-state index in [4.69, 9.17) is 22.4 Å². The molecule has 0 atom stereocenters. The number of amides is 1. The summed E-state index contributed by atoms with van der Waals surface area (Å²) in [7, 11) is 0. The third-order valence-electron chi connectivity index (χ3n) is 7.63. The molecule has 0 unspecified atom stereocenters. The van der Waals surface area contributed by atoms with Crippen molar-refractivity contribution in [3.05, 3.63) is 59.3 Å². The molecule has 1 aliphatic heterocycles. The summed E-state index contributed by atoms with van der Waals surface area (Å²) in [5.74, 6) is -0.787. The zero-order valence-electron chi connectivity index (χ0n) is 20.0. The number of rotatable bonds is 4. The average Bonchev–Trinajstić information content (AvgIpc) is 3.39. The molecule has 1 saturated carbocycles. The maximum Gasteiger partial charge on any atom is 0.245 e. The summed E-state index contributed by atoms with van der Waals surface area (Å²) >= 11 is 6.89. The molecule has 1 aromatic carbocycles. The van der Waals surface area contributed by atoms with Crippen molar-refractivity contribution in [1.29, 1.82) is 0 Å². The van der Waals surface area contributed by atoms with Gasteiger partial charge >= 0.3 is 0 Å². The number of pyridine rings is 1. The van der Waals surface area contributed by atoms with E-state index in [1.165, 1.54) is 18.3 Å². The van der Waals surface area contributed by atoms with Crippen LogP contribution < -0.4 is 5.73 Å². The van der Waals surface area contributed by atoms with Crippen LogP contribution in [0, 0.1) is 25.1 Å². The van der Waals surface area contributed by atoms with Gasteiger partial charge < -0.3 is 10.6 Å². The maximum absolute atomic E-state index is 14.5. The first kappa shape index (κ1) is 22.7. The van der Waals surface area contributed by atoms with Gasteiger partial charge in [0.15, 0.2) is 11.6 Å². The first-order valence-corrected chi connectivity index (χ1v) is 12.1. The van der Waals surface area contributed by atoms with Gasteiger partial charge in [0.2, 0.25) is 5.91 Å². The fourth-order valence-corrected chi connectivity index (χ4v) is 6.07. The first-order valence-electron chi connectivity index (χ1n) is 11.8. The summed E-state index contributed by atoms with van der Waals surface area (Å²) in [4.78, 5) is 17.8. The van der Waals surface area contributed by atoms with E-state index >= 15 is 0 Å². The number of aromatic nitrogens is 5. The lowest BCUT2D eigenvalue weighted by Crippen LogP contribution is -2.63. The molecule has 1 aliphatic carbocycles. The highest BCUT2D eigenvalue weighted by Crippen LogP contribution is 2.55. The van der Waals surface area contributed by atoms with Crippen LogP contribution in [-0.2, 0) is 4.79 Å². The molecule has 10 heteroatoms. The Morgan fingerprint density at radius 3 is 2.72 bits per heavy atom. The standard InChI is InChI=1S/C26H25ClFN7O/c1-4-20(36)34-11-26(12-34)7-16(8-26)35-14(3)21(24(33-35)15-6-18(28)25(29)30-9-15)22-17-10-31-32-19(17)5-13(2)23(22)27/h4-6,9-10,16H,1,7-8,11-12H2,2-3H3,(H2,29,30)(H,31,32). The molecule has 1 amide bonds. The van der Waals surface area contributed by atoms with E-state index in [0.717, 1.165) is 59.2 Å². The van der Waals surface area contributed by atoms with E-state index in [0.29, 0.717) is 16.3 Å². The van der Waals surface area contributed by atoms with Crippen LogP contribution in [0.5, 0.6) is 0 Å². The Balaban J connectivity index is 1.47. The topological polar surface area (TPSA) is 106 Å². The number of benzene rings is 1. The lowest BCUT2D eigenvalue weighted by atomic mass is 9.60. The van der Waals surface area contributed by atoms with Crippen molar-refractivity contribution in [2.75, 3.05) is 18.8 Å². The smallest absolute Gasteiger partial charge is 0.245 e. The molecule has 1 saturated heterocycles. The highest BCUT2D eigenvalue weighted by atomic mass is 35.5. The van der Waals surface area contributed by atoms with E-state index in [1.807, 2.05) is 29.5 Å². The number of aryl methyl sites for hydroxylation is 1. The molecular weight excluding hydrogens is 481 g/mol. The molecule has 184 valence electrons. The molecule has 36 heavy (non-hydrogen) atoms. The lowest BCUT2D eigenvalue weighted by Gasteiger charge is -2.58. The predicted octanol–water partition coefficient (Wildman–Crippen LogP) is 4.83. The fourth-order valence-electron chi connectivity index (χ4n) is 5.82. The Kier molecular flexibility index (Phi) is 4.98. The van der Waals surface area contributed by atoms with Gasteiger partial charge in [0.05, 0.1) is 22.8 Å². The number of hydrogen-bond acceptors (Lipinski definition) is 5. The number of H-pyrrole nitrogens is 1. The van der Waals surface area contributed by atoms with Gasteiger partial charge in [-0.25, -0.2) is 9.37 Å². The quantitative estimate of drug-likeness (QED) is 0.386. The van der Waals surface area contributed by atoms with Gasteiger partial charge in [-0.2, -0.15) is 10.2 Å². The molecule has 8 nitrogen and oxygen atoms in total. The van der Waals surface area contributed by atoms with Gasteiger partial charge in [0.1, 0.15) is 5.69 Å². The van der Waals surface area contributed by atoms with Crippen LogP contribution in [0.4, 0.5) is 10.2 Å². The third-order valence-corrected chi connectivity index (χ3v) is 8.12. The van der Waals surface area contributed by atoms with E-state index in [9.17, 15) is 9.18 Å². The number of anilines is 1. The van der Waals surface area contributed by atoms with Gasteiger partial charge in [-0.05, 0) is 50.5 Å². The monoisotopic (exact) mass is 505 g/mol. The largest absolute Gasteiger partial charge is 0.381 e. The second kappa shape index (κ2) is 7.89. The summed E-state index contributed by atoms with van der Waals surface area (Å²) in [5, 5.41) is 13.7. The zero-order valence-corrected chi connectivity index (χ0v) is 20.7. The molecule has 3 aromatic heterocycles. The second-order valence-electron chi connectivity index (χ2n) is 10.0. The van der Waals surface area contributed by atoms with Crippen molar-refractivity contribution in [1.82, 2.24) is 29.9 Å². The molecule has 0 radical (unpaired) electrons. The van der Waals surface area contributed by atoms with Crippen molar-refractivity contribution in [3.63, 3.8) is 0 Å². The number of carbonyl (C=O) groups is 1. The molecule has 6 rings (SSSR count). The van der Waals surface area contributed by atoms with Gasteiger partial charge in [-0.1, -0.05) is 18.2 Å². The number of nitrogen functional groups attached to an aromatic ring is 1. The highest BCUT2D eigenvalue weighted by molar-refractivity contribution is 6.36. The fraction of sp³-hybridized carbons (Fsp3) is 0.308. The van der Waals surface area contributed by atoms with Gasteiger partial charge in [0, 0.05) is 52.5 Å². The van der Waals surface area contributed by atoms with Crippen LogP contribution in [0.1, 0.15) is 30.1 Å². The minimum atomic E-state index is -0.599. The average molecular weight is 506 g/mol. The number of halogens is 2. The lowest BCUT2D eigenvalue weighted by molar-refractivity contribution is -0.149. The van der Waals surface area contributed by atoms with E-state index in [-0.39, 0.29) is 23.2 Å². The van der Waals surface area contributed by atoms with E-state index in [1.54, 1.807) is 6.20 Å². The summed E-state index contributed by atoms with van der Waals surface area (Å²) in [6.07, 6.45) is 6.47. The Hall–Kier alpha value is -3.72. The molecule has 2 fully saturated rings. The second-order valence-corrected chi connectivity index (χ2v) is 10.4. The number of carbonyl (C=O) groups excluding carboxylic acids is 1. The summed E-state index contributed by atoms with van der Waals surface area (Å²) in [6, 6.07) is 3.48. The number of fused-ring (bicyclic) bond motifs is 1. The number of nitrogens with one attached hydrogen (secondary N) is 1. The number of hydrogen-bond donors (Lipinski definition) is 2. The van der Waals surface area contributed by atoms with Crippen LogP contribution in [0.25, 0.3) is 33.3 Å². The van der Waals surface area contributed by atoms with Gasteiger partial charge in [-0.3, -0.25) is 14.6 Å². The number of nitrogens with two attached hydrogens (primary N) is 1. The molecule has 2 aliphatic rings. The van der Waals surface area contributed by atoms with Crippen molar-refractivity contribution < 1.29 is 9.18 Å². The van der Waals surface area contributed by atoms with Crippen LogP contribution in [0.2, 0.25) is 5.02 Å². The highest BCUT2D eigenvalue weighted by Gasteiger charge is 2.54. The molecular formula is C26H25ClFN7O. The van der Waals surface area contributed by atoms with Crippen molar-refractivity contribution >= 4 is 34.2 Å². The molecule has 4 aromatic rings. The Bertz CT molecular complexity index is 1560. The van der Waals surface area contributed by atoms with Crippen LogP contribution in [-0.4, -0.2) is 48.9 Å². The van der Waals surface area contributed by atoms with Crippen molar-refractivity contribution in [2.45, 2.75) is 32.7 Å². The summed E-state index contributed by atoms with van der Waals surface area (Å²) in [6.45, 7) is 9.01. The summed E-state index contributed by atoms with van der Waals surface area (Å²) < 4.78 is 16.5. The first-order chi connectivity index (χ1) is 17.2. The predicted molar refractivity (Wildman–Crippen MR) is 137 cm³/mol. The molecule has 0 bridgehead atoms. The zero-order chi connectivity index (χ0) is 25.4. The van der Waals surface area contributed by atoms with Crippen LogP contribution in [0.3, 0.4) is 0 Å². The van der Waals surface area contributed by atoms with Crippen molar-refractivity contribution in [2.24, 2.45) is 5.41 Å². The Morgan fingerprint density at radius 1 is 1.28 bits per heavy atom. The van der Waals surface area contributed by atoms with Crippen LogP contribution in [0.15, 0.2) is 37.2 Å². The SMILES string of the molecule is C=CC(=O)N1CC2(CC(n3nc(-c4cnc(N)c(F)c4)c(-c4c(Cl)c(C)cc5[nH]ncc45)c3C)C2)C1. The number of aromatic amines is 1. The van der Waals surface area contributed by atoms with Crippen molar-refractivity contribution in [3.8, 4) is 22.4 Å². The number of likely N-dealkylation sites (tertiary alicyclic amines) is 1. The molecule has 1 spiro atoms. The normalized spacial score (nSPS) is 16.8. The van der Waals surface area contributed by atoms with Gasteiger partial charge in [0.25, 0.3) is 0 Å². The van der Waals surface area contributed by atoms with Gasteiger partial charge in [-0.15, -0.1) is 0 Å². The molecule has 3 N–H and O–H groups in total. The third kappa shape index (κ3) is 3.26. The Labute approximate surface area is 211 Å². The number of nitrogens with zero attached hydrogens (tertiary/aromatic N) is 5. The Morgan fingerprint density at radius 2 is 2.03 bits per heavy atom. The van der Waals surface area contributed by atoms with E-state index < -0.39 is 5.82 Å². The van der Waals surface area contributed by atoms with E-state index in [2.05, 4.69) is 21.8 Å². The maximum atomic E-state index is 14.5.